The summed E-state index contributed by atoms with van der Waals surface area (Å²) in [4.78, 5) is 12.1. The fourth-order valence-electron chi connectivity index (χ4n) is 1.85. The molecule has 1 atom stereocenters. The van der Waals surface area contributed by atoms with E-state index in [1.165, 1.54) is 24.3 Å². The predicted octanol–water partition coefficient (Wildman–Crippen LogP) is 2.05. The van der Waals surface area contributed by atoms with Crippen molar-refractivity contribution in [2.24, 2.45) is 5.14 Å². The van der Waals surface area contributed by atoms with Gasteiger partial charge in [-0.1, -0.05) is 17.7 Å². The number of sulfonamides is 1. The summed E-state index contributed by atoms with van der Waals surface area (Å²) >= 11 is 0. The summed E-state index contributed by atoms with van der Waals surface area (Å²) in [5, 5.41) is 7.67. The smallest absolute Gasteiger partial charge is 0.265 e. The molecule has 7 heteroatoms. The lowest BCUT2D eigenvalue weighted by atomic mass is 10.2. The molecule has 0 bridgehead atoms. The van der Waals surface area contributed by atoms with Crippen LogP contribution in [0.5, 0.6) is 5.75 Å². The Morgan fingerprint density at radius 3 is 2.17 bits per heavy atom. The van der Waals surface area contributed by atoms with Crippen LogP contribution in [0.25, 0.3) is 0 Å². The quantitative estimate of drug-likeness (QED) is 0.874. The van der Waals surface area contributed by atoms with E-state index in [0.29, 0.717) is 11.4 Å². The third-order valence-corrected chi connectivity index (χ3v) is 4.08. The first kappa shape index (κ1) is 17.0. The van der Waals surface area contributed by atoms with Crippen LogP contribution in [0.1, 0.15) is 12.5 Å². The molecule has 2 rings (SSSR count). The Kier molecular flexibility index (Phi) is 5.02. The lowest BCUT2D eigenvalue weighted by molar-refractivity contribution is -0.122. The van der Waals surface area contributed by atoms with Crippen LogP contribution in [-0.4, -0.2) is 20.4 Å². The molecule has 0 aliphatic carbocycles. The summed E-state index contributed by atoms with van der Waals surface area (Å²) in [5.41, 5.74) is 1.56. The van der Waals surface area contributed by atoms with E-state index in [2.05, 4.69) is 5.32 Å². The number of primary sulfonamides is 1. The maximum Gasteiger partial charge on any atom is 0.265 e. The van der Waals surface area contributed by atoms with Crippen molar-refractivity contribution in [2.45, 2.75) is 24.8 Å². The van der Waals surface area contributed by atoms with E-state index in [0.717, 1.165) is 5.56 Å². The van der Waals surface area contributed by atoms with Crippen molar-refractivity contribution in [2.75, 3.05) is 5.32 Å². The fourth-order valence-corrected chi connectivity index (χ4v) is 2.36. The zero-order chi connectivity index (χ0) is 17.0. The van der Waals surface area contributed by atoms with Gasteiger partial charge >= 0.3 is 0 Å². The number of nitrogens with one attached hydrogen (secondary N) is 1. The van der Waals surface area contributed by atoms with Gasteiger partial charge in [0.05, 0.1) is 4.90 Å². The molecule has 0 heterocycles. The molecule has 0 saturated heterocycles. The van der Waals surface area contributed by atoms with Crippen molar-refractivity contribution in [3.05, 3.63) is 54.1 Å². The number of carbonyl (C=O) groups excluding carboxylic acids is 1. The molecule has 2 aromatic rings. The van der Waals surface area contributed by atoms with Crippen LogP contribution in [0.2, 0.25) is 0 Å². The molecule has 0 saturated carbocycles. The average Bonchev–Trinajstić information content (AvgIpc) is 2.49. The molecule has 0 aliphatic heterocycles. The van der Waals surface area contributed by atoms with Gasteiger partial charge in [0.15, 0.2) is 6.10 Å². The molecular weight excluding hydrogens is 316 g/mol. The highest BCUT2D eigenvalue weighted by atomic mass is 32.2. The molecule has 3 N–H and O–H groups in total. The number of hydrogen-bond donors (Lipinski definition) is 2. The van der Waals surface area contributed by atoms with Gasteiger partial charge in [-0.25, -0.2) is 13.6 Å². The molecule has 0 radical (unpaired) electrons. The Morgan fingerprint density at radius 1 is 1.09 bits per heavy atom. The summed E-state index contributed by atoms with van der Waals surface area (Å²) in [7, 11) is -3.75. The van der Waals surface area contributed by atoms with Gasteiger partial charge in [-0.3, -0.25) is 4.79 Å². The SMILES string of the molecule is Cc1ccc(O[C@H](C)C(=O)Nc2ccc(S(N)(=O)=O)cc2)cc1. The standard InChI is InChI=1S/C16H18N2O4S/c1-11-3-7-14(8-4-11)22-12(2)16(19)18-13-5-9-15(10-6-13)23(17,20)21/h3-10,12H,1-2H3,(H,18,19)(H2,17,20,21)/t12-/m1/s1. The second kappa shape index (κ2) is 6.80. The second-order valence-corrected chi connectivity index (χ2v) is 6.69. The van der Waals surface area contributed by atoms with Gasteiger partial charge in [-0.15, -0.1) is 0 Å². The molecule has 1 amide bonds. The third-order valence-electron chi connectivity index (χ3n) is 3.15. The fraction of sp³-hybridized carbons (Fsp3) is 0.188. The number of carbonyl (C=O) groups is 1. The van der Waals surface area contributed by atoms with Crippen LogP contribution in [0.15, 0.2) is 53.4 Å². The summed E-state index contributed by atoms with van der Waals surface area (Å²) < 4.78 is 27.9. The van der Waals surface area contributed by atoms with E-state index in [1.807, 2.05) is 19.1 Å². The Labute approximate surface area is 135 Å². The number of nitrogens with two attached hydrogens (primary N) is 1. The van der Waals surface area contributed by atoms with Gasteiger partial charge < -0.3 is 10.1 Å². The van der Waals surface area contributed by atoms with Crippen molar-refractivity contribution >= 4 is 21.6 Å². The van der Waals surface area contributed by atoms with Gasteiger partial charge in [-0.2, -0.15) is 0 Å². The maximum atomic E-state index is 12.1. The van der Waals surface area contributed by atoms with Gasteiger partial charge in [0.25, 0.3) is 5.91 Å². The number of hydrogen-bond acceptors (Lipinski definition) is 4. The topological polar surface area (TPSA) is 98.5 Å². The highest BCUT2D eigenvalue weighted by molar-refractivity contribution is 7.89. The zero-order valence-corrected chi connectivity index (χ0v) is 13.6. The molecule has 6 nitrogen and oxygen atoms in total. The van der Waals surface area contributed by atoms with Crippen LogP contribution in [0, 0.1) is 6.92 Å². The first-order valence-electron chi connectivity index (χ1n) is 6.93. The van der Waals surface area contributed by atoms with Gasteiger partial charge in [0.1, 0.15) is 5.75 Å². The molecule has 0 spiro atoms. The second-order valence-electron chi connectivity index (χ2n) is 5.13. The molecule has 122 valence electrons. The Hall–Kier alpha value is -2.38. The summed E-state index contributed by atoms with van der Waals surface area (Å²) in [5.74, 6) is 0.261. The number of benzene rings is 2. The first-order chi connectivity index (χ1) is 10.8. The largest absolute Gasteiger partial charge is 0.481 e. The molecule has 0 aliphatic rings. The van der Waals surface area contributed by atoms with E-state index in [4.69, 9.17) is 9.88 Å². The normalized spacial score (nSPS) is 12.5. The summed E-state index contributed by atoms with van der Waals surface area (Å²) in [6, 6.07) is 13.0. The molecular formula is C16H18N2O4S. The number of anilines is 1. The van der Waals surface area contributed by atoms with E-state index in [-0.39, 0.29) is 10.8 Å². The molecule has 0 unspecified atom stereocenters. The highest BCUT2D eigenvalue weighted by Crippen LogP contribution is 2.16. The first-order valence-corrected chi connectivity index (χ1v) is 8.47. The van der Waals surface area contributed by atoms with Crippen LogP contribution in [0.4, 0.5) is 5.69 Å². The molecule has 2 aromatic carbocycles. The number of aryl methyl sites for hydroxylation is 1. The Bertz CT molecular complexity index is 784. The summed E-state index contributed by atoms with van der Waals surface area (Å²) in [6.07, 6.45) is -0.698. The van der Waals surface area contributed by atoms with E-state index < -0.39 is 16.1 Å². The molecule has 23 heavy (non-hydrogen) atoms. The van der Waals surface area contributed by atoms with Gasteiger partial charge in [-0.05, 0) is 50.2 Å². The van der Waals surface area contributed by atoms with Crippen LogP contribution in [-0.2, 0) is 14.8 Å². The highest BCUT2D eigenvalue weighted by Gasteiger charge is 2.15. The molecule has 0 fully saturated rings. The third kappa shape index (κ3) is 4.80. The monoisotopic (exact) mass is 334 g/mol. The lowest BCUT2D eigenvalue weighted by Crippen LogP contribution is -2.30. The minimum Gasteiger partial charge on any atom is -0.481 e. The predicted molar refractivity (Wildman–Crippen MR) is 87.7 cm³/mol. The Balaban J connectivity index is 1.99. The van der Waals surface area contributed by atoms with Crippen LogP contribution in [0.3, 0.4) is 0 Å². The number of rotatable bonds is 5. The van der Waals surface area contributed by atoms with Gasteiger partial charge in [0, 0.05) is 5.69 Å². The van der Waals surface area contributed by atoms with Crippen molar-refractivity contribution in [3.8, 4) is 5.75 Å². The van der Waals surface area contributed by atoms with E-state index in [1.54, 1.807) is 19.1 Å². The van der Waals surface area contributed by atoms with Crippen molar-refractivity contribution in [3.63, 3.8) is 0 Å². The van der Waals surface area contributed by atoms with Crippen LogP contribution >= 0.6 is 0 Å². The van der Waals surface area contributed by atoms with Crippen molar-refractivity contribution < 1.29 is 17.9 Å². The minimum absolute atomic E-state index is 0.0144. The van der Waals surface area contributed by atoms with E-state index in [9.17, 15) is 13.2 Å². The van der Waals surface area contributed by atoms with Gasteiger partial charge in [0.2, 0.25) is 10.0 Å². The number of amides is 1. The minimum atomic E-state index is -3.75. The zero-order valence-electron chi connectivity index (χ0n) is 12.8. The van der Waals surface area contributed by atoms with Crippen molar-refractivity contribution in [1.29, 1.82) is 0 Å². The average molecular weight is 334 g/mol. The maximum absolute atomic E-state index is 12.1. The molecule has 0 aromatic heterocycles. The number of ether oxygens (including phenoxy) is 1. The van der Waals surface area contributed by atoms with Crippen LogP contribution < -0.4 is 15.2 Å². The lowest BCUT2D eigenvalue weighted by Gasteiger charge is -2.15. The van der Waals surface area contributed by atoms with Crippen molar-refractivity contribution in [1.82, 2.24) is 0 Å². The summed E-state index contributed by atoms with van der Waals surface area (Å²) in [6.45, 7) is 3.60. The Morgan fingerprint density at radius 2 is 1.65 bits per heavy atom. The van der Waals surface area contributed by atoms with E-state index >= 15 is 0 Å².